The predicted molar refractivity (Wildman–Crippen MR) is 196 cm³/mol. The van der Waals surface area contributed by atoms with Gasteiger partial charge in [-0.1, -0.05) is 63.8 Å². The van der Waals surface area contributed by atoms with Crippen LogP contribution in [-0.4, -0.2) is 79.4 Å². The molecule has 0 saturated carbocycles. The number of fused-ring (bicyclic) bond motifs is 1. The Morgan fingerprint density at radius 1 is 1.12 bits per heavy atom. The average molecular weight is 729 g/mol. The minimum absolute atomic E-state index is 0.0830. The molecule has 6 rings (SSSR count). The standard InChI is InChI=1S/C37H45FN8O5Si/c1-22-15-24(9-11-26(22)23(2)42-32(47)33-43-34(44-51-33)36(3,4)5)30-27-16-29(46(31(27)41-20-40-30)21-50-13-14-52(6,7)8)28-12-10-25(17-39-28)37(38)18-45(19-37)35(48)49/h9-12,15-17,20,23H,13-14,18-19,21H2,1-8H3,(H,42,47)(H,48,49). The van der Waals surface area contributed by atoms with Gasteiger partial charge in [0, 0.05) is 42.8 Å². The number of nitrogens with zero attached hydrogens (tertiary/aromatic N) is 7. The topological polar surface area (TPSA) is 161 Å². The number of amides is 2. The summed E-state index contributed by atoms with van der Waals surface area (Å²) in [5.41, 5.74) is 3.61. The molecule has 274 valence electrons. The molecule has 2 N–H and O–H groups in total. The van der Waals surface area contributed by atoms with Gasteiger partial charge < -0.3 is 24.6 Å². The molecule has 13 nitrogen and oxygen atoms in total. The molecule has 1 saturated heterocycles. The van der Waals surface area contributed by atoms with E-state index in [1.54, 1.807) is 12.1 Å². The molecule has 0 spiro atoms. The van der Waals surface area contributed by atoms with Gasteiger partial charge in [0.2, 0.25) is 0 Å². The van der Waals surface area contributed by atoms with E-state index in [1.807, 2.05) is 63.5 Å². The summed E-state index contributed by atoms with van der Waals surface area (Å²) in [5.74, 6) is -0.0724. The van der Waals surface area contributed by atoms with Gasteiger partial charge in [0.25, 0.3) is 0 Å². The van der Waals surface area contributed by atoms with Gasteiger partial charge in [0.15, 0.2) is 11.5 Å². The number of aryl methyl sites for hydroxylation is 1. The van der Waals surface area contributed by atoms with Gasteiger partial charge in [-0.2, -0.15) is 4.98 Å². The monoisotopic (exact) mass is 728 g/mol. The second-order valence-corrected chi connectivity index (χ2v) is 21.4. The Labute approximate surface area is 302 Å². The highest BCUT2D eigenvalue weighted by molar-refractivity contribution is 6.76. The lowest BCUT2D eigenvalue weighted by Gasteiger charge is -2.42. The fraction of sp³-hybridized carbons (Fsp3) is 0.432. The molecule has 0 bridgehead atoms. The van der Waals surface area contributed by atoms with Crippen molar-refractivity contribution in [2.75, 3.05) is 19.7 Å². The second-order valence-electron chi connectivity index (χ2n) is 15.7. The summed E-state index contributed by atoms with van der Waals surface area (Å²) in [7, 11) is -1.33. The fourth-order valence-electron chi connectivity index (χ4n) is 6.12. The van der Waals surface area contributed by atoms with Crippen LogP contribution in [0.4, 0.5) is 9.18 Å². The number of hydrogen-bond donors (Lipinski definition) is 2. The van der Waals surface area contributed by atoms with Crippen LogP contribution < -0.4 is 5.32 Å². The van der Waals surface area contributed by atoms with Crippen molar-refractivity contribution in [3.05, 3.63) is 77.3 Å². The summed E-state index contributed by atoms with van der Waals surface area (Å²) >= 11 is 0. The molecule has 15 heteroatoms. The summed E-state index contributed by atoms with van der Waals surface area (Å²) in [6.45, 7) is 17.0. The van der Waals surface area contributed by atoms with E-state index in [2.05, 4.69) is 50.1 Å². The summed E-state index contributed by atoms with van der Waals surface area (Å²) in [5, 5.41) is 16.9. The zero-order valence-corrected chi connectivity index (χ0v) is 31.8. The number of carbonyl (C=O) groups is 2. The number of aromatic nitrogens is 6. The number of hydrogen-bond acceptors (Lipinski definition) is 9. The molecular weight excluding hydrogens is 684 g/mol. The van der Waals surface area contributed by atoms with Gasteiger partial charge in [0.1, 0.15) is 18.7 Å². The fourth-order valence-corrected chi connectivity index (χ4v) is 6.88. The third-order valence-electron chi connectivity index (χ3n) is 9.25. The van der Waals surface area contributed by atoms with Gasteiger partial charge in [-0.05, 0) is 49.2 Å². The van der Waals surface area contributed by atoms with Crippen LogP contribution in [0, 0.1) is 6.92 Å². The zero-order chi connectivity index (χ0) is 37.6. The first kappa shape index (κ1) is 36.8. The molecule has 0 radical (unpaired) electrons. The Bertz CT molecular complexity index is 2110. The van der Waals surface area contributed by atoms with Crippen molar-refractivity contribution in [2.24, 2.45) is 0 Å². The Morgan fingerprint density at radius 2 is 1.87 bits per heavy atom. The van der Waals surface area contributed by atoms with Crippen LogP contribution in [0.1, 0.15) is 66.9 Å². The molecule has 1 atom stereocenters. The minimum atomic E-state index is -1.78. The Balaban J connectivity index is 1.29. The maximum atomic E-state index is 15.4. The highest BCUT2D eigenvalue weighted by atomic mass is 28.3. The number of carbonyl (C=O) groups excluding carboxylic acids is 1. The first-order valence-corrected chi connectivity index (χ1v) is 21.0. The number of pyridine rings is 1. The van der Waals surface area contributed by atoms with Gasteiger partial charge in [-0.15, -0.1) is 0 Å². The number of likely N-dealkylation sites (tertiary alicyclic amines) is 1. The smallest absolute Gasteiger partial charge is 0.407 e. The quantitative estimate of drug-likeness (QED) is 0.106. The van der Waals surface area contributed by atoms with Gasteiger partial charge in [0.05, 0.1) is 36.2 Å². The molecule has 52 heavy (non-hydrogen) atoms. The van der Waals surface area contributed by atoms with Gasteiger partial charge in [-0.25, -0.2) is 19.2 Å². The third-order valence-corrected chi connectivity index (χ3v) is 11.0. The van der Waals surface area contributed by atoms with Gasteiger partial charge in [-0.3, -0.25) is 14.3 Å². The number of carboxylic acid groups (broad SMARTS) is 1. The lowest BCUT2D eigenvalue weighted by atomic mass is 9.89. The van der Waals surface area contributed by atoms with E-state index < -0.39 is 25.7 Å². The molecule has 0 aliphatic carbocycles. The minimum Gasteiger partial charge on any atom is -0.465 e. The first-order valence-electron chi connectivity index (χ1n) is 17.3. The van der Waals surface area contributed by atoms with Gasteiger partial charge >= 0.3 is 17.9 Å². The number of ether oxygens (including phenoxy) is 1. The van der Waals surface area contributed by atoms with Crippen molar-refractivity contribution >= 4 is 31.1 Å². The lowest BCUT2D eigenvalue weighted by molar-refractivity contribution is -0.0240. The molecule has 2 amide bonds. The summed E-state index contributed by atoms with van der Waals surface area (Å²) in [4.78, 5) is 43.5. The summed E-state index contributed by atoms with van der Waals surface area (Å²) in [6, 6.07) is 12.0. The summed E-state index contributed by atoms with van der Waals surface area (Å²) < 4.78 is 28.8. The Morgan fingerprint density at radius 3 is 2.48 bits per heavy atom. The maximum Gasteiger partial charge on any atom is 0.407 e. The Kier molecular flexibility index (Phi) is 9.78. The van der Waals surface area contributed by atoms with E-state index in [1.165, 1.54) is 12.5 Å². The normalized spacial score (nSPS) is 15.1. The second kappa shape index (κ2) is 13.8. The highest BCUT2D eigenvalue weighted by Gasteiger charge is 2.47. The van der Waals surface area contributed by atoms with E-state index in [4.69, 9.17) is 9.26 Å². The number of benzene rings is 1. The van der Waals surface area contributed by atoms with Crippen LogP contribution in [-0.2, 0) is 22.6 Å². The van der Waals surface area contributed by atoms with Crippen LogP contribution in [0.3, 0.4) is 0 Å². The van der Waals surface area contributed by atoms with E-state index in [0.717, 1.165) is 38.7 Å². The number of nitrogens with one attached hydrogen (secondary N) is 1. The molecule has 5 aromatic rings. The molecule has 1 unspecified atom stereocenters. The van der Waals surface area contributed by atoms with E-state index in [-0.39, 0.29) is 37.2 Å². The number of rotatable bonds is 11. The largest absolute Gasteiger partial charge is 0.465 e. The highest BCUT2D eigenvalue weighted by Crippen LogP contribution is 2.38. The molecule has 5 heterocycles. The molecule has 1 aromatic carbocycles. The Hall–Kier alpha value is -5.02. The lowest BCUT2D eigenvalue weighted by Crippen LogP contribution is -2.58. The number of alkyl halides is 1. The first-order chi connectivity index (χ1) is 24.4. The van der Waals surface area contributed by atoms with Crippen LogP contribution in [0.2, 0.25) is 25.7 Å². The van der Waals surface area contributed by atoms with Crippen molar-refractivity contribution in [3.8, 4) is 22.6 Å². The van der Waals surface area contributed by atoms with Crippen molar-refractivity contribution in [1.29, 1.82) is 0 Å². The van der Waals surface area contributed by atoms with Crippen molar-refractivity contribution in [1.82, 2.24) is 39.9 Å². The average Bonchev–Trinajstić information content (AvgIpc) is 3.71. The maximum absolute atomic E-state index is 15.4. The molecule has 1 fully saturated rings. The molecule has 4 aromatic heterocycles. The van der Waals surface area contributed by atoms with E-state index in [0.29, 0.717) is 35.0 Å². The zero-order valence-electron chi connectivity index (χ0n) is 30.8. The molecule has 1 aliphatic rings. The molecular formula is C37H45FN8O5Si. The van der Waals surface area contributed by atoms with Crippen LogP contribution in [0.5, 0.6) is 0 Å². The third kappa shape index (κ3) is 7.60. The SMILES string of the molecule is Cc1cc(-c2ncnc3c2cc(-c2ccc(C4(F)CN(C(=O)O)C4)cn2)n3COCC[Si](C)(C)C)ccc1C(C)NC(=O)c1nc(C(C)(C)C)no1. The molecule has 1 aliphatic heterocycles. The number of halogens is 1. The van der Waals surface area contributed by atoms with Crippen LogP contribution >= 0.6 is 0 Å². The summed E-state index contributed by atoms with van der Waals surface area (Å²) in [6.07, 6.45) is 1.85. The van der Waals surface area contributed by atoms with Crippen molar-refractivity contribution in [2.45, 2.75) is 84.2 Å². The van der Waals surface area contributed by atoms with Crippen molar-refractivity contribution < 1.29 is 28.3 Å². The van der Waals surface area contributed by atoms with Crippen molar-refractivity contribution in [3.63, 3.8) is 0 Å². The predicted octanol–water partition coefficient (Wildman–Crippen LogP) is 7.11. The van der Waals surface area contributed by atoms with E-state index in [9.17, 15) is 14.7 Å². The van der Waals surface area contributed by atoms with Crippen LogP contribution in [0.25, 0.3) is 33.7 Å². The van der Waals surface area contributed by atoms with Crippen LogP contribution in [0.15, 0.2) is 53.4 Å². The van der Waals surface area contributed by atoms with E-state index >= 15 is 4.39 Å².